The smallest absolute Gasteiger partial charge is 0.251 e. The van der Waals surface area contributed by atoms with Crippen LogP contribution in [-0.2, 0) is 11.2 Å². The van der Waals surface area contributed by atoms with E-state index in [0.717, 1.165) is 58.9 Å². The van der Waals surface area contributed by atoms with Crippen molar-refractivity contribution in [2.45, 2.75) is 6.42 Å². The van der Waals surface area contributed by atoms with Crippen molar-refractivity contribution in [2.75, 3.05) is 50.1 Å². The van der Waals surface area contributed by atoms with Crippen LogP contribution in [0.2, 0.25) is 0 Å². The minimum Gasteiger partial charge on any atom is -0.378 e. The van der Waals surface area contributed by atoms with Gasteiger partial charge in [-0.25, -0.2) is 15.0 Å². The molecule has 1 fully saturated rings. The monoisotopic (exact) mass is 469 g/mol. The number of aromatic nitrogens is 4. The van der Waals surface area contributed by atoms with Gasteiger partial charge >= 0.3 is 0 Å². The third-order valence-electron chi connectivity index (χ3n) is 6.07. The second kappa shape index (κ2) is 10.4. The quantitative estimate of drug-likeness (QED) is 0.426. The average Bonchev–Trinajstić information content (AvgIpc) is 2.93. The van der Waals surface area contributed by atoms with Gasteiger partial charge in [-0.15, -0.1) is 0 Å². The van der Waals surface area contributed by atoms with Gasteiger partial charge in [0.05, 0.1) is 30.0 Å². The summed E-state index contributed by atoms with van der Waals surface area (Å²) in [5.41, 5.74) is 4.36. The van der Waals surface area contributed by atoms with Crippen molar-refractivity contribution in [1.29, 1.82) is 0 Å². The summed E-state index contributed by atoms with van der Waals surface area (Å²) in [7, 11) is 1.63. The molecule has 178 valence electrons. The Labute approximate surface area is 203 Å². The Kier molecular flexibility index (Phi) is 6.76. The van der Waals surface area contributed by atoms with Gasteiger partial charge in [-0.3, -0.25) is 9.78 Å². The van der Waals surface area contributed by atoms with E-state index < -0.39 is 0 Å². The number of morpholine rings is 1. The fourth-order valence-corrected chi connectivity index (χ4v) is 4.25. The molecule has 4 aromatic rings. The molecule has 0 bridgehead atoms. The summed E-state index contributed by atoms with van der Waals surface area (Å²) in [6.45, 7) is 3.76. The van der Waals surface area contributed by atoms with Crippen LogP contribution in [0.5, 0.6) is 0 Å². The zero-order valence-corrected chi connectivity index (χ0v) is 19.6. The van der Waals surface area contributed by atoms with Crippen molar-refractivity contribution in [1.82, 2.24) is 25.3 Å². The number of hydrogen-bond donors (Lipinski definition) is 2. The number of rotatable bonds is 7. The van der Waals surface area contributed by atoms with Crippen molar-refractivity contribution in [3.05, 3.63) is 72.3 Å². The minimum absolute atomic E-state index is 0.117. The Balaban J connectivity index is 1.29. The average molecular weight is 470 g/mol. The number of nitrogens with one attached hydrogen (secondary N) is 2. The van der Waals surface area contributed by atoms with Crippen LogP contribution in [-0.4, -0.2) is 65.7 Å². The van der Waals surface area contributed by atoms with E-state index in [1.165, 1.54) is 0 Å². The summed E-state index contributed by atoms with van der Waals surface area (Å²) in [6.07, 6.45) is 5.80. The molecule has 1 saturated heterocycles. The number of ether oxygens (including phenoxy) is 1. The molecule has 4 heterocycles. The lowest BCUT2D eigenvalue weighted by Crippen LogP contribution is -2.36. The van der Waals surface area contributed by atoms with E-state index in [2.05, 4.69) is 41.5 Å². The topological polar surface area (TPSA) is 105 Å². The molecule has 9 nitrogen and oxygen atoms in total. The molecule has 5 rings (SSSR count). The molecular weight excluding hydrogens is 442 g/mol. The predicted octanol–water partition coefficient (Wildman–Crippen LogP) is 2.94. The molecule has 1 aliphatic heterocycles. The number of carbonyl (C=O) groups excluding carboxylic acids is 1. The van der Waals surface area contributed by atoms with Crippen LogP contribution in [0.15, 0.2) is 61.2 Å². The van der Waals surface area contributed by atoms with Crippen LogP contribution in [0.1, 0.15) is 15.9 Å². The highest BCUT2D eigenvalue weighted by Crippen LogP contribution is 2.24. The van der Waals surface area contributed by atoms with Gasteiger partial charge in [0, 0.05) is 56.1 Å². The van der Waals surface area contributed by atoms with Gasteiger partial charge in [0.2, 0.25) is 0 Å². The molecule has 1 aliphatic rings. The van der Waals surface area contributed by atoms with Gasteiger partial charge in [0.15, 0.2) is 0 Å². The number of carbonyl (C=O) groups is 1. The highest BCUT2D eigenvalue weighted by atomic mass is 16.5. The first-order valence-corrected chi connectivity index (χ1v) is 11.7. The number of pyridine rings is 2. The lowest BCUT2D eigenvalue weighted by atomic mass is 10.0. The Morgan fingerprint density at radius 3 is 2.74 bits per heavy atom. The zero-order chi connectivity index (χ0) is 24.0. The van der Waals surface area contributed by atoms with Gasteiger partial charge in [-0.2, -0.15) is 0 Å². The third kappa shape index (κ3) is 5.04. The second-order valence-corrected chi connectivity index (χ2v) is 8.22. The van der Waals surface area contributed by atoms with E-state index in [1.54, 1.807) is 25.6 Å². The molecule has 1 amide bonds. The summed E-state index contributed by atoms with van der Waals surface area (Å²) >= 11 is 0. The number of hydrogen-bond acceptors (Lipinski definition) is 8. The lowest BCUT2D eigenvalue weighted by Gasteiger charge is -2.27. The first kappa shape index (κ1) is 22.7. The maximum atomic E-state index is 12.2. The van der Waals surface area contributed by atoms with E-state index in [4.69, 9.17) is 4.74 Å². The number of fused-ring (bicyclic) bond motifs is 1. The summed E-state index contributed by atoms with van der Waals surface area (Å²) < 4.78 is 5.45. The van der Waals surface area contributed by atoms with E-state index in [1.807, 2.05) is 36.5 Å². The maximum Gasteiger partial charge on any atom is 0.251 e. The van der Waals surface area contributed by atoms with E-state index in [0.29, 0.717) is 25.3 Å². The zero-order valence-electron chi connectivity index (χ0n) is 19.6. The molecule has 0 radical (unpaired) electrons. The Bertz CT molecular complexity index is 1340. The first-order chi connectivity index (χ1) is 17.2. The van der Waals surface area contributed by atoms with Crippen molar-refractivity contribution in [3.63, 3.8) is 0 Å². The molecule has 1 aromatic carbocycles. The summed E-state index contributed by atoms with van der Waals surface area (Å²) in [6, 6.07) is 13.6. The molecule has 0 aliphatic carbocycles. The first-order valence-electron chi connectivity index (χ1n) is 11.7. The van der Waals surface area contributed by atoms with Crippen LogP contribution in [0.25, 0.3) is 22.2 Å². The fourth-order valence-electron chi connectivity index (χ4n) is 4.25. The number of nitrogens with zero attached hydrogens (tertiary/aromatic N) is 5. The largest absolute Gasteiger partial charge is 0.378 e. The normalized spacial score (nSPS) is 13.6. The van der Waals surface area contributed by atoms with Crippen molar-refractivity contribution in [2.24, 2.45) is 0 Å². The lowest BCUT2D eigenvalue weighted by molar-refractivity contribution is 0.0964. The van der Waals surface area contributed by atoms with E-state index in [9.17, 15) is 4.79 Å². The van der Waals surface area contributed by atoms with Crippen LogP contribution in [0, 0.1) is 0 Å². The van der Waals surface area contributed by atoms with Crippen molar-refractivity contribution >= 4 is 28.4 Å². The Morgan fingerprint density at radius 1 is 1.03 bits per heavy atom. The number of amides is 1. The molecular formula is C26H27N7O2. The van der Waals surface area contributed by atoms with Crippen LogP contribution < -0.4 is 15.5 Å². The van der Waals surface area contributed by atoms with Gasteiger partial charge in [0.1, 0.15) is 18.0 Å². The standard InChI is InChI=1S/C26H27N7O2/c1-27-26(34)21-7-10-30-25-18(3-2-4-20(21)25)5-8-28-23-16-22(31-17-32-23)19-6-9-29-24(15-19)33-11-13-35-14-12-33/h2-4,6-7,9-10,15-17H,5,8,11-14H2,1H3,(H,27,34)(H,28,31,32). The second-order valence-electron chi connectivity index (χ2n) is 8.22. The highest BCUT2D eigenvalue weighted by Gasteiger charge is 2.14. The molecule has 3 aromatic heterocycles. The summed E-state index contributed by atoms with van der Waals surface area (Å²) in [5, 5.41) is 6.94. The van der Waals surface area contributed by atoms with Gasteiger partial charge in [0.25, 0.3) is 5.91 Å². The maximum absolute atomic E-state index is 12.2. The Hall–Kier alpha value is -4.11. The molecule has 0 spiro atoms. The summed E-state index contributed by atoms with van der Waals surface area (Å²) in [4.78, 5) is 32.4. The molecule has 35 heavy (non-hydrogen) atoms. The minimum atomic E-state index is -0.117. The van der Waals surface area contributed by atoms with Crippen LogP contribution in [0.4, 0.5) is 11.6 Å². The predicted molar refractivity (Wildman–Crippen MR) is 136 cm³/mol. The number of anilines is 2. The SMILES string of the molecule is CNC(=O)c1ccnc2c(CCNc3cc(-c4ccnc(N5CCOCC5)c4)ncn3)cccc12. The highest BCUT2D eigenvalue weighted by molar-refractivity contribution is 6.06. The van der Waals surface area contributed by atoms with Gasteiger partial charge in [-0.05, 0) is 30.2 Å². The number of para-hydroxylation sites is 1. The fraction of sp³-hybridized carbons (Fsp3) is 0.269. The molecule has 0 atom stereocenters. The summed E-state index contributed by atoms with van der Waals surface area (Å²) in [5.74, 6) is 1.56. The van der Waals surface area contributed by atoms with Crippen molar-refractivity contribution < 1.29 is 9.53 Å². The van der Waals surface area contributed by atoms with Crippen LogP contribution in [0.3, 0.4) is 0 Å². The van der Waals surface area contributed by atoms with E-state index in [-0.39, 0.29) is 5.91 Å². The molecule has 9 heteroatoms. The van der Waals surface area contributed by atoms with Gasteiger partial charge < -0.3 is 20.3 Å². The van der Waals surface area contributed by atoms with Crippen LogP contribution >= 0.6 is 0 Å². The van der Waals surface area contributed by atoms with Crippen molar-refractivity contribution in [3.8, 4) is 11.3 Å². The molecule has 2 N–H and O–H groups in total. The Morgan fingerprint density at radius 2 is 1.89 bits per heavy atom. The number of benzene rings is 1. The van der Waals surface area contributed by atoms with E-state index >= 15 is 0 Å². The molecule has 0 unspecified atom stereocenters. The van der Waals surface area contributed by atoms with Gasteiger partial charge in [-0.1, -0.05) is 18.2 Å². The third-order valence-corrected chi connectivity index (χ3v) is 6.07. The molecule has 0 saturated carbocycles.